The van der Waals surface area contributed by atoms with E-state index in [-0.39, 0.29) is 5.91 Å². The monoisotopic (exact) mass is 362 g/mol. The Hall–Kier alpha value is -3.41. The first-order chi connectivity index (χ1) is 13.2. The Labute approximate surface area is 158 Å². The summed E-state index contributed by atoms with van der Waals surface area (Å²) < 4.78 is 5.33. The number of para-hydroxylation sites is 1. The van der Waals surface area contributed by atoms with Gasteiger partial charge in [0.05, 0.1) is 7.11 Å². The zero-order valence-corrected chi connectivity index (χ0v) is 15.4. The number of aromatic amines is 1. The summed E-state index contributed by atoms with van der Waals surface area (Å²) in [6, 6.07) is 17.4. The van der Waals surface area contributed by atoms with E-state index in [1.54, 1.807) is 13.2 Å². The Morgan fingerprint density at radius 3 is 2.67 bits per heavy atom. The van der Waals surface area contributed by atoms with Gasteiger partial charge in [0.25, 0.3) is 0 Å². The molecular formula is C21H22N4O2. The van der Waals surface area contributed by atoms with Crippen molar-refractivity contribution in [2.75, 3.05) is 13.7 Å². The van der Waals surface area contributed by atoms with Crippen LogP contribution in [0.4, 0.5) is 0 Å². The van der Waals surface area contributed by atoms with Gasteiger partial charge in [0.15, 0.2) is 5.82 Å². The highest BCUT2D eigenvalue weighted by molar-refractivity contribution is 5.95. The maximum atomic E-state index is 12.2. The molecule has 0 saturated heterocycles. The Bertz CT molecular complexity index is 932. The number of nitrogens with zero attached hydrogens (tertiary/aromatic N) is 2. The first-order valence-electron chi connectivity index (χ1n) is 8.73. The first-order valence-corrected chi connectivity index (χ1v) is 8.73. The number of hydrogen-bond acceptors (Lipinski definition) is 4. The van der Waals surface area contributed by atoms with E-state index < -0.39 is 0 Å². The number of H-pyrrole nitrogens is 1. The number of nitrogens with one attached hydrogen (secondary N) is 2. The maximum Gasteiger partial charge on any atom is 0.244 e. The van der Waals surface area contributed by atoms with Crippen molar-refractivity contribution in [2.45, 2.75) is 13.3 Å². The molecule has 0 saturated carbocycles. The standard InChI is InChI=1S/C21H22N4O2/c1-15(17-10-6-7-11-18(17)27-2)14-20(26)22-13-12-19-23-21(25-24-19)16-8-4-3-5-9-16/h3-11,14H,12-13H2,1-2H3,(H,22,26)(H,23,24,25). The van der Waals surface area contributed by atoms with Crippen LogP contribution < -0.4 is 10.1 Å². The van der Waals surface area contributed by atoms with E-state index in [1.807, 2.05) is 61.5 Å². The molecule has 1 aromatic heterocycles. The number of allylic oxidation sites excluding steroid dienone is 1. The van der Waals surface area contributed by atoms with Crippen molar-refractivity contribution in [1.29, 1.82) is 0 Å². The Balaban J connectivity index is 1.55. The van der Waals surface area contributed by atoms with E-state index in [4.69, 9.17) is 4.74 Å². The van der Waals surface area contributed by atoms with Crippen molar-refractivity contribution in [3.63, 3.8) is 0 Å². The van der Waals surface area contributed by atoms with Gasteiger partial charge in [-0.1, -0.05) is 48.5 Å². The largest absolute Gasteiger partial charge is 0.496 e. The van der Waals surface area contributed by atoms with Gasteiger partial charge in [0.1, 0.15) is 11.6 Å². The van der Waals surface area contributed by atoms with Crippen LogP contribution >= 0.6 is 0 Å². The van der Waals surface area contributed by atoms with Gasteiger partial charge in [-0.15, -0.1) is 0 Å². The van der Waals surface area contributed by atoms with Gasteiger partial charge < -0.3 is 10.1 Å². The van der Waals surface area contributed by atoms with Crippen molar-refractivity contribution < 1.29 is 9.53 Å². The van der Waals surface area contributed by atoms with E-state index in [0.717, 1.165) is 28.3 Å². The number of amides is 1. The summed E-state index contributed by atoms with van der Waals surface area (Å²) in [7, 11) is 1.62. The van der Waals surface area contributed by atoms with Crippen LogP contribution in [0, 0.1) is 0 Å². The fourth-order valence-corrected chi connectivity index (χ4v) is 2.72. The second kappa shape index (κ2) is 8.80. The zero-order chi connectivity index (χ0) is 19.1. The summed E-state index contributed by atoms with van der Waals surface area (Å²) in [6.07, 6.45) is 2.15. The number of carbonyl (C=O) groups excluding carboxylic acids is 1. The van der Waals surface area contributed by atoms with Crippen LogP contribution in [0.25, 0.3) is 17.0 Å². The third-order valence-corrected chi connectivity index (χ3v) is 4.10. The van der Waals surface area contributed by atoms with E-state index in [0.29, 0.717) is 18.8 Å². The molecule has 3 rings (SSSR count). The molecule has 0 spiro atoms. The van der Waals surface area contributed by atoms with E-state index in [1.165, 1.54) is 0 Å². The van der Waals surface area contributed by atoms with Gasteiger partial charge in [-0.2, -0.15) is 5.10 Å². The van der Waals surface area contributed by atoms with Crippen LogP contribution in [-0.2, 0) is 11.2 Å². The number of ether oxygens (including phenoxy) is 1. The van der Waals surface area contributed by atoms with Gasteiger partial charge in [0, 0.05) is 30.2 Å². The quantitative estimate of drug-likeness (QED) is 0.632. The van der Waals surface area contributed by atoms with Gasteiger partial charge in [0.2, 0.25) is 5.91 Å². The second-order valence-corrected chi connectivity index (χ2v) is 6.04. The molecule has 27 heavy (non-hydrogen) atoms. The van der Waals surface area contributed by atoms with E-state index in [9.17, 15) is 4.79 Å². The molecule has 0 fully saturated rings. The highest BCUT2D eigenvalue weighted by Gasteiger charge is 2.07. The third-order valence-electron chi connectivity index (χ3n) is 4.10. The molecule has 0 aliphatic heterocycles. The molecular weight excluding hydrogens is 340 g/mol. The molecule has 3 aromatic rings. The van der Waals surface area contributed by atoms with Crippen LogP contribution in [0.5, 0.6) is 5.75 Å². The Morgan fingerprint density at radius 1 is 1.15 bits per heavy atom. The smallest absolute Gasteiger partial charge is 0.244 e. The summed E-state index contributed by atoms with van der Waals surface area (Å²) in [5, 5.41) is 10.0. The van der Waals surface area contributed by atoms with Gasteiger partial charge in [-0.3, -0.25) is 9.89 Å². The minimum Gasteiger partial charge on any atom is -0.496 e. The summed E-state index contributed by atoms with van der Waals surface area (Å²) in [5.41, 5.74) is 2.70. The highest BCUT2D eigenvalue weighted by Crippen LogP contribution is 2.24. The maximum absolute atomic E-state index is 12.2. The number of hydrogen-bond donors (Lipinski definition) is 2. The van der Waals surface area contributed by atoms with Crippen LogP contribution in [0.3, 0.4) is 0 Å². The molecule has 1 amide bonds. The Morgan fingerprint density at radius 2 is 1.89 bits per heavy atom. The fourth-order valence-electron chi connectivity index (χ4n) is 2.72. The number of methoxy groups -OCH3 is 1. The normalized spacial score (nSPS) is 11.3. The summed E-state index contributed by atoms with van der Waals surface area (Å²) in [5.74, 6) is 1.98. The topological polar surface area (TPSA) is 79.9 Å². The van der Waals surface area contributed by atoms with Gasteiger partial charge in [-0.25, -0.2) is 4.98 Å². The first kappa shape index (κ1) is 18.4. The lowest BCUT2D eigenvalue weighted by Crippen LogP contribution is -2.24. The molecule has 2 aromatic carbocycles. The van der Waals surface area contributed by atoms with Crippen LogP contribution in [0.1, 0.15) is 18.3 Å². The average molecular weight is 362 g/mol. The number of benzene rings is 2. The minimum absolute atomic E-state index is 0.152. The number of carbonyl (C=O) groups is 1. The van der Waals surface area contributed by atoms with Crippen LogP contribution in [0.2, 0.25) is 0 Å². The summed E-state index contributed by atoms with van der Waals surface area (Å²) >= 11 is 0. The highest BCUT2D eigenvalue weighted by atomic mass is 16.5. The fraction of sp³-hybridized carbons (Fsp3) is 0.190. The van der Waals surface area contributed by atoms with Crippen molar-refractivity contribution in [1.82, 2.24) is 20.5 Å². The molecule has 0 aliphatic rings. The predicted octanol–water partition coefficient (Wildman–Crippen LogP) is 3.24. The molecule has 0 aliphatic carbocycles. The third kappa shape index (κ3) is 4.82. The molecule has 0 unspecified atom stereocenters. The summed E-state index contributed by atoms with van der Waals surface area (Å²) in [6.45, 7) is 2.36. The van der Waals surface area contributed by atoms with Gasteiger partial charge >= 0.3 is 0 Å². The number of aromatic nitrogens is 3. The molecule has 138 valence electrons. The van der Waals surface area contributed by atoms with E-state index in [2.05, 4.69) is 20.5 Å². The SMILES string of the molecule is COc1ccccc1C(C)=CC(=O)NCCc1nc(-c2ccccc2)n[nH]1. The summed E-state index contributed by atoms with van der Waals surface area (Å²) in [4.78, 5) is 16.6. The predicted molar refractivity (Wildman–Crippen MR) is 105 cm³/mol. The lowest BCUT2D eigenvalue weighted by Gasteiger charge is -2.08. The van der Waals surface area contributed by atoms with Crippen molar-refractivity contribution in [3.05, 3.63) is 72.1 Å². The van der Waals surface area contributed by atoms with Crippen molar-refractivity contribution in [2.24, 2.45) is 0 Å². The number of rotatable bonds is 7. The molecule has 1 heterocycles. The Kier molecular flexibility index (Phi) is 5.99. The van der Waals surface area contributed by atoms with Crippen molar-refractivity contribution in [3.8, 4) is 17.1 Å². The molecule has 0 atom stereocenters. The zero-order valence-electron chi connectivity index (χ0n) is 15.4. The lowest BCUT2D eigenvalue weighted by atomic mass is 10.1. The molecule has 0 bridgehead atoms. The average Bonchev–Trinajstić information content (AvgIpc) is 3.17. The van der Waals surface area contributed by atoms with Crippen LogP contribution in [-0.4, -0.2) is 34.7 Å². The van der Waals surface area contributed by atoms with Gasteiger partial charge in [-0.05, 0) is 18.6 Å². The molecule has 6 nitrogen and oxygen atoms in total. The molecule has 6 heteroatoms. The molecule has 0 radical (unpaired) electrons. The van der Waals surface area contributed by atoms with Crippen LogP contribution in [0.15, 0.2) is 60.7 Å². The minimum atomic E-state index is -0.152. The van der Waals surface area contributed by atoms with E-state index >= 15 is 0 Å². The molecule has 2 N–H and O–H groups in total. The lowest BCUT2D eigenvalue weighted by molar-refractivity contribution is -0.116. The van der Waals surface area contributed by atoms with Crippen molar-refractivity contribution >= 4 is 11.5 Å². The second-order valence-electron chi connectivity index (χ2n) is 6.04.